The number of carbonyl (C=O) groups excluding carboxylic acids is 2. The van der Waals surface area contributed by atoms with Gasteiger partial charge in [-0.1, -0.05) is 24.3 Å². The number of rotatable bonds is 5. The second-order valence-corrected chi connectivity index (χ2v) is 6.51. The molecular weight excluding hydrogens is 364 g/mol. The van der Waals surface area contributed by atoms with Crippen molar-refractivity contribution in [2.45, 2.75) is 0 Å². The SMILES string of the molecule is O=C(CN1CCN(C(=O)C=Cc2ccccc2F)CC1)Nc1cccc(F)c1. The fourth-order valence-corrected chi connectivity index (χ4v) is 2.97. The predicted molar refractivity (Wildman–Crippen MR) is 103 cm³/mol. The molecule has 0 spiro atoms. The van der Waals surface area contributed by atoms with E-state index in [1.54, 1.807) is 29.2 Å². The van der Waals surface area contributed by atoms with E-state index in [0.717, 1.165) is 0 Å². The summed E-state index contributed by atoms with van der Waals surface area (Å²) in [7, 11) is 0. The molecule has 1 aliphatic heterocycles. The molecule has 2 amide bonds. The Kier molecular flexibility index (Phi) is 6.49. The van der Waals surface area contributed by atoms with Crippen molar-refractivity contribution in [3.63, 3.8) is 0 Å². The van der Waals surface area contributed by atoms with E-state index < -0.39 is 5.82 Å². The van der Waals surface area contributed by atoms with E-state index >= 15 is 0 Å². The average Bonchev–Trinajstić information content (AvgIpc) is 2.67. The van der Waals surface area contributed by atoms with E-state index in [-0.39, 0.29) is 24.2 Å². The summed E-state index contributed by atoms with van der Waals surface area (Å²) in [5.41, 5.74) is 0.778. The van der Waals surface area contributed by atoms with Gasteiger partial charge in [-0.2, -0.15) is 0 Å². The van der Waals surface area contributed by atoms with E-state index in [1.165, 1.54) is 36.4 Å². The van der Waals surface area contributed by atoms with Gasteiger partial charge in [0, 0.05) is 43.5 Å². The minimum atomic E-state index is -0.409. The molecule has 0 aliphatic carbocycles. The minimum absolute atomic E-state index is 0.170. The zero-order valence-corrected chi connectivity index (χ0v) is 15.3. The van der Waals surface area contributed by atoms with E-state index in [0.29, 0.717) is 37.4 Å². The quantitative estimate of drug-likeness (QED) is 0.806. The summed E-state index contributed by atoms with van der Waals surface area (Å²) in [5.74, 6) is -1.20. The van der Waals surface area contributed by atoms with Crippen LogP contribution in [-0.4, -0.2) is 54.3 Å². The predicted octanol–water partition coefficient (Wildman–Crippen LogP) is 2.76. The van der Waals surface area contributed by atoms with Gasteiger partial charge < -0.3 is 10.2 Å². The van der Waals surface area contributed by atoms with Crippen molar-refractivity contribution in [3.05, 3.63) is 71.8 Å². The molecule has 2 aromatic rings. The number of piperazine rings is 1. The first-order chi connectivity index (χ1) is 13.5. The number of halogens is 2. The largest absolute Gasteiger partial charge is 0.337 e. The number of hydrogen-bond donors (Lipinski definition) is 1. The Morgan fingerprint density at radius 1 is 1.00 bits per heavy atom. The van der Waals surface area contributed by atoms with E-state index in [1.807, 2.05) is 4.90 Å². The number of benzene rings is 2. The topological polar surface area (TPSA) is 52.7 Å². The molecule has 28 heavy (non-hydrogen) atoms. The molecule has 5 nitrogen and oxygen atoms in total. The van der Waals surface area contributed by atoms with Crippen molar-refractivity contribution < 1.29 is 18.4 Å². The molecule has 0 unspecified atom stereocenters. The van der Waals surface area contributed by atoms with Crippen LogP contribution < -0.4 is 5.32 Å². The molecule has 0 aromatic heterocycles. The van der Waals surface area contributed by atoms with Gasteiger partial charge in [0.2, 0.25) is 11.8 Å². The highest BCUT2D eigenvalue weighted by atomic mass is 19.1. The van der Waals surface area contributed by atoms with E-state index in [4.69, 9.17) is 0 Å². The van der Waals surface area contributed by atoms with Crippen LogP contribution in [0.1, 0.15) is 5.56 Å². The van der Waals surface area contributed by atoms with Gasteiger partial charge in [-0.3, -0.25) is 14.5 Å². The Bertz CT molecular complexity index is 877. The smallest absolute Gasteiger partial charge is 0.246 e. The molecule has 1 aliphatic rings. The first kappa shape index (κ1) is 19.7. The van der Waals surface area contributed by atoms with Crippen molar-refractivity contribution in [1.29, 1.82) is 0 Å². The van der Waals surface area contributed by atoms with Crippen LogP contribution in [-0.2, 0) is 9.59 Å². The Morgan fingerprint density at radius 3 is 2.46 bits per heavy atom. The first-order valence-electron chi connectivity index (χ1n) is 9.00. The van der Waals surface area contributed by atoms with Gasteiger partial charge in [0.1, 0.15) is 11.6 Å². The van der Waals surface area contributed by atoms with Crippen LogP contribution in [0.4, 0.5) is 14.5 Å². The zero-order valence-electron chi connectivity index (χ0n) is 15.3. The Morgan fingerprint density at radius 2 is 1.75 bits per heavy atom. The lowest BCUT2D eigenvalue weighted by molar-refractivity contribution is -0.127. The second kappa shape index (κ2) is 9.23. The van der Waals surface area contributed by atoms with Crippen LogP contribution in [0.5, 0.6) is 0 Å². The number of nitrogens with zero attached hydrogens (tertiary/aromatic N) is 2. The van der Waals surface area contributed by atoms with Crippen molar-refractivity contribution in [2.75, 3.05) is 38.0 Å². The first-order valence-corrected chi connectivity index (χ1v) is 9.00. The molecule has 1 saturated heterocycles. The third kappa shape index (κ3) is 5.47. The molecule has 0 radical (unpaired) electrons. The van der Waals surface area contributed by atoms with Crippen LogP contribution in [0.25, 0.3) is 6.08 Å². The van der Waals surface area contributed by atoms with Crippen LogP contribution in [0.15, 0.2) is 54.6 Å². The van der Waals surface area contributed by atoms with E-state index in [2.05, 4.69) is 5.32 Å². The molecule has 0 bridgehead atoms. The molecule has 2 aromatic carbocycles. The van der Waals surface area contributed by atoms with Gasteiger partial charge in [0.15, 0.2) is 0 Å². The Labute approximate surface area is 162 Å². The summed E-state index contributed by atoms with van der Waals surface area (Å²) < 4.78 is 26.8. The number of nitrogens with one attached hydrogen (secondary N) is 1. The number of anilines is 1. The second-order valence-electron chi connectivity index (χ2n) is 6.51. The van der Waals surface area contributed by atoms with Gasteiger partial charge >= 0.3 is 0 Å². The van der Waals surface area contributed by atoms with Gasteiger partial charge in [0.25, 0.3) is 0 Å². The third-order valence-electron chi connectivity index (χ3n) is 4.47. The highest BCUT2D eigenvalue weighted by Gasteiger charge is 2.21. The molecule has 0 atom stereocenters. The highest BCUT2D eigenvalue weighted by molar-refractivity contribution is 5.93. The fourth-order valence-electron chi connectivity index (χ4n) is 2.97. The normalized spacial score (nSPS) is 15.0. The molecule has 1 fully saturated rings. The van der Waals surface area contributed by atoms with Crippen molar-refractivity contribution in [3.8, 4) is 0 Å². The number of amides is 2. The summed E-state index contributed by atoms with van der Waals surface area (Å²) in [5, 5.41) is 2.66. The number of hydrogen-bond acceptors (Lipinski definition) is 3. The summed E-state index contributed by atoms with van der Waals surface area (Å²) in [6, 6.07) is 12.0. The Balaban J connectivity index is 1.45. The maximum Gasteiger partial charge on any atom is 0.246 e. The summed E-state index contributed by atoms with van der Waals surface area (Å²) >= 11 is 0. The molecule has 1 heterocycles. The fraction of sp³-hybridized carbons (Fsp3) is 0.238. The lowest BCUT2D eigenvalue weighted by atomic mass is 10.2. The van der Waals surface area contributed by atoms with Gasteiger partial charge in [0.05, 0.1) is 6.54 Å². The minimum Gasteiger partial charge on any atom is -0.337 e. The Hall–Kier alpha value is -3.06. The van der Waals surface area contributed by atoms with Crippen LogP contribution in [0.3, 0.4) is 0 Å². The molecule has 7 heteroatoms. The van der Waals surface area contributed by atoms with Crippen molar-refractivity contribution >= 4 is 23.6 Å². The van der Waals surface area contributed by atoms with Crippen LogP contribution >= 0.6 is 0 Å². The number of carbonyl (C=O) groups is 2. The molecule has 3 rings (SSSR count). The maximum absolute atomic E-state index is 13.6. The molecule has 146 valence electrons. The van der Waals surface area contributed by atoms with Gasteiger partial charge in [-0.05, 0) is 30.3 Å². The molecule has 0 saturated carbocycles. The van der Waals surface area contributed by atoms with Crippen LogP contribution in [0.2, 0.25) is 0 Å². The monoisotopic (exact) mass is 385 g/mol. The molecular formula is C21H21F2N3O2. The summed E-state index contributed by atoms with van der Waals surface area (Å²) in [6.45, 7) is 2.23. The lowest BCUT2D eigenvalue weighted by Gasteiger charge is -2.33. The van der Waals surface area contributed by atoms with Crippen LogP contribution in [0, 0.1) is 11.6 Å². The van der Waals surface area contributed by atoms with Gasteiger partial charge in [-0.25, -0.2) is 8.78 Å². The summed E-state index contributed by atoms with van der Waals surface area (Å²) in [4.78, 5) is 28.0. The summed E-state index contributed by atoms with van der Waals surface area (Å²) in [6.07, 6.45) is 2.83. The van der Waals surface area contributed by atoms with E-state index in [9.17, 15) is 18.4 Å². The standard InChI is InChI=1S/C21H21F2N3O2/c22-17-5-3-6-18(14-17)24-20(27)15-25-10-12-26(13-11-25)21(28)9-8-16-4-1-2-7-19(16)23/h1-9,14H,10-13,15H2,(H,24,27). The maximum atomic E-state index is 13.6. The highest BCUT2D eigenvalue weighted by Crippen LogP contribution is 2.11. The van der Waals surface area contributed by atoms with Crippen molar-refractivity contribution in [1.82, 2.24) is 9.80 Å². The lowest BCUT2D eigenvalue weighted by Crippen LogP contribution is -2.50. The van der Waals surface area contributed by atoms with Crippen molar-refractivity contribution in [2.24, 2.45) is 0 Å². The average molecular weight is 385 g/mol. The molecule has 1 N–H and O–H groups in total. The zero-order chi connectivity index (χ0) is 19.9. The van der Waals surface area contributed by atoms with Gasteiger partial charge in [-0.15, -0.1) is 0 Å². The third-order valence-corrected chi connectivity index (χ3v) is 4.47.